The van der Waals surface area contributed by atoms with Gasteiger partial charge in [0.15, 0.2) is 0 Å². The first-order valence-corrected chi connectivity index (χ1v) is 4.87. The van der Waals surface area contributed by atoms with E-state index in [1.165, 1.54) is 18.3 Å². The summed E-state index contributed by atoms with van der Waals surface area (Å²) in [5.41, 5.74) is 0.985. The fraction of sp³-hybridized carbons (Fsp3) is 1.00. The largest absolute Gasteiger partial charge is 0.0651 e. The highest BCUT2D eigenvalue weighted by Crippen LogP contribution is 2.85. The van der Waals surface area contributed by atoms with E-state index in [1.54, 1.807) is 25.7 Å². The van der Waals surface area contributed by atoms with E-state index in [-0.39, 0.29) is 0 Å². The van der Waals surface area contributed by atoms with Crippen molar-refractivity contribution in [1.82, 2.24) is 0 Å². The van der Waals surface area contributed by atoms with Crippen LogP contribution in [0.2, 0.25) is 0 Å². The van der Waals surface area contributed by atoms with Crippen molar-refractivity contribution in [1.29, 1.82) is 0 Å². The Labute approximate surface area is 63.0 Å². The number of hydrogen-bond acceptors (Lipinski definition) is 0. The lowest BCUT2D eigenvalue weighted by Crippen LogP contribution is -2.14. The first kappa shape index (κ1) is 5.62. The summed E-state index contributed by atoms with van der Waals surface area (Å²) in [6.07, 6.45) is 7.82. The van der Waals surface area contributed by atoms with E-state index >= 15 is 0 Å². The molecule has 0 aromatic carbocycles. The van der Waals surface area contributed by atoms with E-state index in [0.29, 0.717) is 0 Å². The first-order valence-electron chi connectivity index (χ1n) is 4.87. The second-order valence-corrected chi connectivity index (χ2v) is 4.71. The van der Waals surface area contributed by atoms with Crippen molar-refractivity contribution in [2.75, 3.05) is 0 Å². The van der Waals surface area contributed by atoms with Gasteiger partial charge in [-0.25, -0.2) is 0 Å². The standard InChI is InChI=1S/C10H16/c1-2-7-3-4-8-9-6-10(8,9)5-7/h7-9H,2-6H2,1H3. The minimum atomic E-state index is 0.985. The van der Waals surface area contributed by atoms with Crippen LogP contribution in [0.15, 0.2) is 0 Å². The monoisotopic (exact) mass is 136 g/mol. The van der Waals surface area contributed by atoms with E-state index in [1.807, 2.05) is 0 Å². The lowest BCUT2D eigenvalue weighted by atomic mass is 9.80. The van der Waals surface area contributed by atoms with Crippen LogP contribution in [0.1, 0.15) is 39.0 Å². The van der Waals surface area contributed by atoms with Gasteiger partial charge in [-0.05, 0) is 42.4 Å². The Balaban J connectivity index is 1.74. The van der Waals surface area contributed by atoms with Crippen LogP contribution in [-0.2, 0) is 0 Å². The molecular weight excluding hydrogens is 120 g/mol. The van der Waals surface area contributed by atoms with Crippen LogP contribution >= 0.6 is 0 Å². The van der Waals surface area contributed by atoms with Gasteiger partial charge in [-0.2, -0.15) is 0 Å². The molecule has 56 valence electrons. The van der Waals surface area contributed by atoms with Crippen molar-refractivity contribution in [3.8, 4) is 0 Å². The molecule has 0 aromatic heterocycles. The van der Waals surface area contributed by atoms with E-state index < -0.39 is 0 Å². The van der Waals surface area contributed by atoms with Gasteiger partial charge in [0, 0.05) is 0 Å². The average Bonchev–Trinajstić information content (AvgIpc) is 2.74. The molecule has 1 spiro atoms. The third-order valence-electron chi connectivity index (χ3n) is 4.43. The van der Waals surface area contributed by atoms with Crippen molar-refractivity contribution < 1.29 is 0 Å². The summed E-state index contributed by atoms with van der Waals surface area (Å²) in [5, 5.41) is 0. The van der Waals surface area contributed by atoms with Crippen LogP contribution in [-0.4, -0.2) is 0 Å². The lowest BCUT2D eigenvalue weighted by molar-refractivity contribution is 0.260. The molecule has 4 atom stereocenters. The molecule has 3 aliphatic rings. The third kappa shape index (κ3) is 0.466. The summed E-state index contributed by atoms with van der Waals surface area (Å²) in [4.78, 5) is 0. The highest BCUT2D eigenvalue weighted by atomic mass is 14.8. The Bertz CT molecular complexity index is 173. The van der Waals surface area contributed by atoms with Gasteiger partial charge in [-0.15, -0.1) is 0 Å². The summed E-state index contributed by atoms with van der Waals surface area (Å²) >= 11 is 0. The zero-order valence-corrected chi connectivity index (χ0v) is 6.77. The second kappa shape index (κ2) is 1.44. The summed E-state index contributed by atoms with van der Waals surface area (Å²) in [5.74, 6) is 3.59. The van der Waals surface area contributed by atoms with E-state index in [9.17, 15) is 0 Å². The predicted octanol–water partition coefficient (Wildman–Crippen LogP) is 2.83. The molecule has 0 aromatic rings. The van der Waals surface area contributed by atoms with Crippen molar-refractivity contribution >= 4 is 0 Å². The summed E-state index contributed by atoms with van der Waals surface area (Å²) < 4.78 is 0. The Hall–Kier alpha value is 0. The molecule has 3 aliphatic carbocycles. The SMILES string of the molecule is CCC1CCC2C3CC23C1. The highest BCUT2D eigenvalue weighted by Gasteiger charge is 2.78. The number of fused-ring (bicyclic) bond motifs is 1. The van der Waals surface area contributed by atoms with E-state index in [4.69, 9.17) is 0 Å². The van der Waals surface area contributed by atoms with Gasteiger partial charge < -0.3 is 0 Å². The van der Waals surface area contributed by atoms with Gasteiger partial charge in [0.25, 0.3) is 0 Å². The van der Waals surface area contributed by atoms with Gasteiger partial charge in [-0.1, -0.05) is 19.8 Å². The molecule has 0 heterocycles. The number of rotatable bonds is 1. The smallest absolute Gasteiger partial charge is 0.0229 e. The molecular formula is C10H16. The molecule has 3 rings (SSSR count). The topological polar surface area (TPSA) is 0 Å². The Morgan fingerprint density at radius 3 is 2.70 bits per heavy atom. The lowest BCUT2D eigenvalue weighted by Gasteiger charge is -2.25. The molecule has 0 radical (unpaired) electrons. The van der Waals surface area contributed by atoms with Crippen LogP contribution in [0.5, 0.6) is 0 Å². The van der Waals surface area contributed by atoms with Crippen molar-refractivity contribution in [3.05, 3.63) is 0 Å². The van der Waals surface area contributed by atoms with Crippen LogP contribution in [0.4, 0.5) is 0 Å². The Kier molecular flexibility index (Phi) is 0.810. The molecule has 3 fully saturated rings. The molecule has 0 bridgehead atoms. The van der Waals surface area contributed by atoms with Gasteiger partial charge >= 0.3 is 0 Å². The van der Waals surface area contributed by atoms with Crippen LogP contribution in [0.3, 0.4) is 0 Å². The minimum absolute atomic E-state index is 0.985. The molecule has 0 nitrogen and oxygen atoms in total. The van der Waals surface area contributed by atoms with Crippen molar-refractivity contribution in [3.63, 3.8) is 0 Å². The van der Waals surface area contributed by atoms with Gasteiger partial charge in [0.2, 0.25) is 0 Å². The summed E-state index contributed by atoms with van der Waals surface area (Å²) in [7, 11) is 0. The molecule has 0 heteroatoms. The highest BCUT2D eigenvalue weighted by molar-refractivity contribution is 5.26. The Morgan fingerprint density at radius 2 is 2.10 bits per heavy atom. The van der Waals surface area contributed by atoms with Crippen molar-refractivity contribution in [2.45, 2.75) is 39.0 Å². The molecule has 0 aliphatic heterocycles. The molecule has 3 saturated carbocycles. The maximum Gasteiger partial charge on any atom is -0.0229 e. The Morgan fingerprint density at radius 1 is 1.20 bits per heavy atom. The van der Waals surface area contributed by atoms with Crippen molar-refractivity contribution in [2.24, 2.45) is 23.2 Å². The second-order valence-electron chi connectivity index (χ2n) is 4.71. The quantitative estimate of drug-likeness (QED) is 0.520. The molecule has 10 heavy (non-hydrogen) atoms. The molecule has 0 N–H and O–H groups in total. The minimum Gasteiger partial charge on any atom is -0.0651 e. The average molecular weight is 136 g/mol. The van der Waals surface area contributed by atoms with Gasteiger partial charge in [0.05, 0.1) is 0 Å². The van der Waals surface area contributed by atoms with Gasteiger partial charge in [-0.3, -0.25) is 0 Å². The molecule has 0 amide bonds. The van der Waals surface area contributed by atoms with Gasteiger partial charge in [0.1, 0.15) is 0 Å². The number of hydrogen-bond donors (Lipinski definition) is 0. The molecule has 0 saturated heterocycles. The molecule has 4 unspecified atom stereocenters. The summed E-state index contributed by atoms with van der Waals surface area (Å²) in [6, 6.07) is 0. The fourth-order valence-electron chi connectivity index (χ4n) is 3.43. The summed E-state index contributed by atoms with van der Waals surface area (Å²) in [6.45, 7) is 2.36. The first-order chi connectivity index (χ1) is 4.87. The predicted molar refractivity (Wildman–Crippen MR) is 41.7 cm³/mol. The van der Waals surface area contributed by atoms with Crippen LogP contribution in [0, 0.1) is 23.2 Å². The zero-order valence-electron chi connectivity index (χ0n) is 6.77. The maximum atomic E-state index is 2.36. The van der Waals surface area contributed by atoms with Crippen LogP contribution < -0.4 is 0 Å². The fourth-order valence-corrected chi connectivity index (χ4v) is 3.43. The zero-order chi connectivity index (χ0) is 6.77. The van der Waals surface area contributed by atoms with Crippen LogP contribution in [0.25, 0.3) is 0 Å². The third-order valence-corrected chi connectivity index (χ3v) is 4.43. The van der Waals surface area contributed by atoms with E-state index in [0.717, 1.165) is 11.3 Å². The normalized spacial score (nSPS) is 62.7. The van der Waals surface area contributed by atoms with E-state index in [2.05, 4.69) is 6.92 Å². The maximum absolute atomic E-state index is 2.36.